The molecule has 6 nitrogen and oxygen atoms in total. The SMILES string of the molecule is CN(C)CC(C)(O)CNS(=O)(=O)N(C)C1CCCCC1. The third kappa shape index (κ3) is 5.65. The van der Waals surface area contributed by atoms with Crippen molar-refractivity contribution in [3.05, 3.63) is 0 Å². The maximum Gasteiger partial charge on any atom is 0.279 e. The molecule has 1 fully saturated rings. The van der Waals surface area contributed by atoms with Crippen LogP contribution < -0.4 is 4.72 Å². The number of hydrogen-bond acceptors (Lipinski definition) is 4. The molecule has 0 radical (unpaired) electrons. The Morgan fingerprint density at radius 3 is 2.25 bits per heavy atom. The summed E-state index contributed by atoms with van der Waals surface area (Å²) in [5.41, 5.74) is -1.08. The van der Waals surface area contributed by atoms with Gasteiger partial charge in [-0.3, -0.25) is 0 Å². The fourth-order valence-corrected chi connectivity index (χ4v) is 4.03. The van der Waals surface area contributed by atoms with Crippen LogP contribution in [0.3, 0.4) is 0 Å². The summed E-state index contributed by atoms with van der Waals surface area (Å²) in [4.78, 5) is 1.83. The number of hydrogen-bond donors (Lipinski definition) is 2. The lowest BCUT2D eigenvalue weighted by Gasteiger charge is -2.32. The lowest BCUT2D eigenvalue weighted by Crippen LogP contribution is -2.51. The summed E-state index contributed by atoms with van der Waals surface area (Å²) in [5, 5.41) is 10.2. The molecule has 120 valence electrons. The molecule has 1 aliphatic rings. The van der Waals surface area contributed by atoms with Gasteiger partial charge in [0.05, 0.1) is 5.60 Å². The molecule has 1 saturated carbocycles. The van der Waals surface area contributed by atoms with Crippen LogP contribution >= 0.6 is 0 Å². The predicted octanol–water partition coefficient (Wildman–Crippen LogP) is 0.398. The number of nitrogens with zero attached hydrogens (tertiary/aromatic N) is 2. The molecule has 7 heteroatoms. The fourth-order valence-electron chi connectivity index (χ4n) is 2.73. The standard InChI is InChI=1S/C13H29N3O3S/c1-13(17,11-15(2)3)10-14-20(18,19)16(4)12-8-6-5-7-9-12/h12,14,17H,5-11H2,1-4H3. The minimum absolute atomic E-state index is 0.0184. The van der Waals surface area contributed by atoms with Gasteiger partial charge in [-0.15, -0.1) is 0 Å². The van der Waals surface area contributed by atoms with Crippen LogP contribution in [0.25, 0.3) is 0 Å². The second-order valence-electron chi connectivity index (χ2n) is 6.37. The van der Waals surface area contributed by atoms with Crippen LogP contribution in [-0.2, 0) is 10.2 Å². The maximum atomic E-state index is 12.3. The highest BCUT2D eigenvalue weighted by Gasteiger charge is 2.30. The van der Waals surface area contributed by atoms with Crippen molar-refractivity contribution < 1.29 is 13.5 Å². The van der Waals surface area contributed by atoms with E-state index in [-0.39, 0.29) is 12.6 Å². The predicted molar refractivity (Wildman–Crippen MR) is 80.7 cm³/mol. The number of rotatable bonds is 7. The quantitative estimate of drug-likeness (QED) is 0.714. The van der Waals surface area contributed by atoms with E-state index in [1.165, 1.54) is 10.7 Å². The Bertz CT molecular complexity index is 390. The first kappa shape index (κ1) is 17.8. The summed E-state index contributed by atoms with van der Waals surface area (Å²) >= 11 is 0. The van der Waals surface area contributed by atoms with E-state index in [2.05, 4.69) is 4.72 Å². The molecule has 0 heterocycles. The molecule has 0 amide bonds. The Kier molecular flexibility index (Phi) is 6.40. The molecule has 0 aliphatic heterocycles. The highest BCUT2D eigenvalue weighted by Crippen LogP contribution is 2.23. The summed E-state index contributed by atoms with van der Waals surface area (Å²) in [6.07, 6.45) is 5.21. The van der Waals surface area contributed by atoms with E-state index in [0.717, 1.165) is 25.7 Å². The van der Waals surface area contributed by atoms with Crippen LogP contribution in [-0.4, -0.2) is 68.6 Å². The molecule has 1 unspecified atom stereocenters. The summed E-state index contributed by atoms with van der Waals surface area (Å²) in [6.45, 7) is 2.06. The molecule has 1 aliphatic carbocycles. The summed E-state index contributed by atoms with van der Waals surface area (Å²) in [7, 11) is 1.79. The van der Waals surface area contributed by atoms with E-state index in [4.69, 9.17) is 0 Å². The topological polar surface area (TPSA) is 72.9 Å². The largest absolute Gasteiger partial charge is 0.387 e. The van der Waals surface area contributed by atoms with Gasteiger partial charge in [-0.25, -0.2) is 0 Å². The van der Waals surface area contributed by atoms with Crippen molar-refractivity contribution in [3.63, 3.8) is 0 Å². The first-order chi connectivity index (χ1) is 9.14. The molecular formula is C13H29N3O3S. The van der Waals surface area contributed by atoms with Gasteiger partial charge in [0.1, 0.15) is 0 Å². The van der Waals surface area contributed by atoms with Crippen molar-refractivity contribution in [2.75, 3.05) is 34.2 Å². The zero-order chi connectivity index (χ0) is 15.4. The van der Waals surface area contributed by atoms with Crippen LogP contribution in [0.15, 0.2) is 0 Å². The Morgan fingerprint density at radius 2 is 1.75 bits per heavy atom. The zero-order valence-corrected chi connectivity index (χ0v) is 13.9. The molecule has 0 aromatic rings. The average Bonchev–Trinajstić information content (AvgIpc) is 2.35. The van der Waals surface area contributed by atoms with Gasteiger partial charge in [0.25, 0.3) is 10.2 Å². The van der Waals surface area contributed by atoms with E-state index in [9.17, 15) is 13.5 Å². The van der Waals surface area contributed by atoms with Crippen LogP contribution in [0, 0.1) is 0 Å². The maximum absolute atomic E-state index is 12.3. The van der Waals surface area contributed by atoms with Crippen molar-refractivity contribution in [3.8, 4) is 0 Å². The number of nitrogens with one attached hydrogen (secondary N) is 1. The Balaban J connectivity index is 2.55. The van der Waals surface area contributed by atoms with Crippen molar-refractivity contribution in [1.82, 2.24) is 13.9 Å². The van der Waals surface area contributed by atoms with Gasteiger partial charge < -0.3 is 10.0 Å². The van der Waals surface area contributed by atoms with Crippen LogP contribution in [0.5, 0.6) is 0 Å². The third-order valence-electron chi connectivity index (χ3n) is 3.76. The summed E-state index contributed by atoms with van der Waals surface area (Å²) < 4.78 is 28.5. The van der Waals surface area contributed by atoms with Crippen molar-refractivity contribution in [2.45, 2.75) is 50.7 Å². The van der Waals surface area contributed by atoms with Crippen molar-refractivity contribution in [2.24, 2.45) is 0 Å². The van der Waals surface area contributed by atoms with Crippen molar-refractivity contribution in [1.29, 1.82) is 0 Å². The van der Waals surface area contributed by atoms with Gasteiger partial charge in [-0.2, -0.15) is 17.4 Å². The van der Waals surface area contributed by atoms with E-state index < -0.39 is 15.8 Å². The van der Waals surface area contributed by atoms with Gasteiger partial charge in [0.2, 0.25) is 0 Å². The van der Waals surface area contributed by atoms with Crippen LogP contribution in [0.1, 0.15) is 39.0 Å². The lowest BCUT2D eigenvalue weighted by atomic mass is 9.96. The Labute approximate surface area is 123 Å². The molecule has 2 N–H and O–H groups in total. The molecule has 0 spiro atoms. The lowest BCUT2D eigenvalue weighted by molar-refractivity contribution is 0.0381. The van der Waals surface area contributed by atoms with E-state index >= 15 is 0 Å². The minimum Gasteiger partial charge on any atom is -0.387 e. The molecule has 1 atom stereocenters. The molecular weight excluding hydrogens is 278 g/mol. The second-order valence-corrected chi connectivity index (χ2v) is 8.18. The summed E-state index contributed by atoms with van der Waals surface area (Å²) in [6, 6.07) is 0.0834. The number of likely N-dealkylation sites (N-methyl/N-ethyl adjacent to an activating group) is 1. The fraction of sp³-hybridized carbons (Fsp3) is 1.00. The molecule has 0 aromatic heterocycles. The third-order valence-corrected chi connectivity index (χ3v) is 5.33. The molecule has 20 heavy (non-hydrogen) atoms. The van der Waals surface area contributed by atoms with Gasteiger partial charge in [0, 0.05) is 26.2 Å². The first-order valence-corrected chi connectivity index (χ1v) is 8.68. The number of aliphatic hydroxyl groups is 1. The molecule has 0 aromatic carbocycles. The summed E-state index contributed by atoms with van der Waals surface area (Å²) in [5.74, 6) is 0. The van der Waals surface area contributed by atoms with Gasteiger partial charge >= 0.3 is 0 Å². The highest BCUT2D eigenvalue weighted by atomic mass is 32.2. The first-order valence-electron chi connectivity index (χ1n) is 7.24. The van der Waals surface area contributed by atoms with Crippen LogP contribution in [0.2, 0.25) is 0 Å². The van der Waals surface area contributed by atoms with E-state index in [1.807, 2.05) is 19.0 Å². The normalized spacial score (nSPS) is 21.4. The van der Waals surface area contributed by atoms with Crippen LogP contribution in [0.4, 0.5) is 0 Å². The minimum atomic E-state index is -3.52. The van der Waals surface area contributed by atoms with Gasteiger partial charge in [-0.1, -0.05) is 19.3 Å². The smallest absolute Gasteiger partial charge is 0.279 e. The molecule has 1 rings (SSSR count). The van der Waals surface area contributed by atoms with Crippen molar-refractivity contribution >= 4 is 10.2 Å². The highest BCUT2D eigenvalue weighted by molar-refractivity contribution is 7.87. The Hall–Kier alpha value is -0.210. The zero-order valence-electron chi connectivity index (χ0n) is 13.1. The average molecular weight is 307 g/mol. The van der Waals surface area contributed by atoms with E-state index in [0.29, 0.717) is 6.54 Å². The molecule has 0 bridgehead atoms. The van der Waals surface area contributed by atoms with Gasteiger partial charge in [0.15, 0.2) is 0 Å². The van der Waals surface area contributed by atoms with Gasteiger partial charge in [-0.05, 0) is 33.9 Å². The van der Waals surface area contributed by atoms with E-state index in [1.54, 1.807) is 14.0 Å². The second kappa shape index (κ2) is 7.17. The monoisotopic (exact) mass is 307 g/mol. The molecule has 0 saturated heterocycles. The Morgan fingerprint density at radius 1 is 1.20 bits per heavy atom.